The van der Waals surface area contributed by atoms with Gasteiger partial charge in [-0.1, -0.05) is 140 Å². The number of rotatable bonds is 5. The first-order chi connectivity index (χ1) is 26.3. The van der Waals surface area contributed by atoms with E-state index in [0.29, 0.717) is 0 Å². The van der Waals surface area contributed by atoms with Crippen LogP contribution in [0.4, 0.5) is 17.1 Å². The molecule has 11 rings (SSSR count). The molecule has 0 fully saturated rings. The van der Waals surface area contributed by atoms with Gasteiger partial charge in [-0.25, -0.2) is 0 Å². The Hall–Kier alpha value is -7.10. The van der Waals surface area contributed by atoms with E-state index in [1.54, 1.807) is 0 Å². The van der Waals surface area contributed by atoms with E-state index >= 15 is 0 Å². The third-order valence-electron chi connectivity index (χ3n) is 10.7. The topological polar surface area (TPSA) is 29.5 Å². The highest BCUT2D eigenvalue weighted by molar-refractivity contribution is 6.20. The molecule has 0 saturated heterocycles. The largest absolute Gasteiger partial charge is 0.456 e. The van der Waals surface area contributed by atoms with E-state index in [1.807, 2.05) is 18.2 Å². The van der Waals surface area contributed by atoms with Crippen molar-refractivity contribution in [3.05, 3.63) is 188 Å². The van der Waals surface area contributed by atoms with Crippen molar-refractivity contribution in [2.45, 2.75) is 0 Å². The summed E-state index contributed by atoms with van der Waals surface area (Å²) in [6.07, 6.45) is 0. The lowest BCUT2D eigenvalue weighted by Crippen LogP contribution is -2.11. The number of hydrogen-bond donors (Lipinski definition) is 0. The summed E-state index contributed by atoms with van der Waals surface area (Å²) < 4.78 is 13.0. The van der Waals surface area contributed by atoms with Gasteiger partial charge in [0.2, 0.25) is 0 Å². The number of hydrogen-bond acceptors (Lipinski definition) is 3. The molecule has 11 aromatic rings. The van der Waals surface area contributed by atoms with Crippen molar-refractivity contribution in [2.24, 2.45) is 0 Å². The van der Waals surface area contributed by atoms with Crippen LogP contribution in [0.25, 0.3) is 87.7 Å². The molecule has 2 aromatic heterocycles. The first-order valence-corrected chi connectivity index (χ1v) is 18.0. The molecule has 0 N–H and O–H groups in total. The van der Waals surface area contributed by atoms with Gasteiger partial charge in [-0.3, -0.25) is 0 Å². The number of nitrogens with zero attached hydrogens (tertiary/aromatic N) is 1. The summed E-state index contributed by atoms with van der Waals surface area (Å²) >= 11 is 0. The average Bonchev–Trinajstić information content (AvgIpc) is 3.81. The number of furan rings is 2. The Bertz CT molecular complexity index is 3170. The van der Waals surface area contributed by atoms with Crippen molar-refractivity contribution in [1.29, 1.82) is 0 Å². The molecular formula is C50H31NO2. The van der Waals surface area contributed by atoms with E-state index in [4.69, 9.17) is 8.83 Å². The summed E-state index contributed by atoms with van der Waals surface area (Å²) in [6, 6.07) is 66.7. The average molecular weight is 678 g/mol. The highest BCUT2D eigenvalue weighted by Gasteiger charge is 2.24. The van der Waals surface area contributed by atoms with Crippen molar-refractivity contribution in [3.63, 3.8) is 0 Å². The monoisotopic (exact) mass is 677 g/mol. The number of benzene rings is 9. The minimum absolute atomic E-state index is 0.867. The molecule has 53 heavy (non-hydrogen) atoms. The summed E-state index contributed by atoms with van der Waals surface area (Å²) in [7, 11) is 0. The van der Waals surface area contributed by atoms with Crippen molar-refractivity contribution < 1.29 is 8.83 Å². The van der Waals surface area contributed by atoms with Gasteiger partial charge in [0.1, 0.15) is 22.3 Å². The van der Waals surface area contributed by atoms with Gasteiger partial charge < -0.3 is 13.7 Å². The van der Waals surface area contributed by atoms with E-state index in [2.05, 4.69) is 175 Å². The molecule has 0 aliphatic carbocycles. The molecule has 0 amide bonds. The predicted molar refractivity (Wildman–Crippen MR) is 222 cm³/mol. The van der Waals surface area contributed by atoms with Crippen LogP contribution in [-0.4, -0.2) is 0 Å². The fourth-order valence-electron chi connectivity index (χ4n) is 8.28. The molecule has 0 radical (unpaired) electrons. The summed E-state index contributed by atoms with van der Waals surface area (Å²) in [4.78, 5) is 2.42. The summed E-state index contributed by atoms with van der Waals surface area (Å²) in [5.41, 5.74) is 11.2. The molecule has 0 saturated carbocycles. The van der Waals surface area contributed by atoms with Gasteiger partial charge >= 0.3 is 0 Å². The summed E-state index contributed by atoms with van der Waals surface area (Å²) in [5, 5.41) is 9.25. The Kier molecular flexibility index (Phi) is 6.55. The Morgan fingerprint density at radius 2 is 0.925 bits per heavy atom. The molecule has 0 bridgehead atoms. The molecule has 2 heterocycles. The first-order valence-electron chi connectivity index (χ1n) is 18.0. The zero-order valence-electron chi connectivity index (χ0n) is 28.7. The zero-order chi connectivity index (χ0) is 34.9. The van der Waals surface area contributed by atoms with Crippen LogP contribution < -0.4 is 4.90 Å². The normalized spacial score (nSPS) is 11.8. The molecule has 0 spiro atoms. The molecule has 9 aromatic carbocycles. The van der Waals surface area contributed by atoms with E-state index < -0.39 is 0 Å². The van der Waals surface area contributed by atoms with Crippen molar-refractivity contribution in [3.8, 4) is 22.3 Å². The van der Waals surface area contributed by atoms with Gasteiger partial charge in [0.05, 0.1) is 16.8 Å². The quantitative estimate of drug-likeness (QED) is 0.170. The third kappa shape index (κ3) is 4.61. The van der Waals surface area contributed by atoms with Crippen LogP contribution in [0.1, 0.15) is 0 Å². The lowest BCUT2D eigenvalue weighted by molar-refractivity contribution is 0.669. The van der Waals surface area contributed by atoms with Crippen molar-refractivity contribution >= 4 is 82.5 Å². The van der Waals surface area contributed by atoms with E-state index in [0.717, 1.165) is 83.2 Å². The van der Waals surface area contributed by atoms with Gasteiger partial charge in [0.15, 0.2) is 0 Å². The van der Waals surface area contributed by atoms with Crippen LogP contribution in [0.3, 0.4) is 0 Å². The van der Waals surface area contributed by atoms with E-state index in [-0.39, 0.29) is 0 Å². The van der Waals surface area contributed by atoms with Gasteiger partial charge in [-0.05, 0) is 81.4 Å². The second-order valence-electron chi connectivity index (χ2n) is 13.6. The summed E-state index contributed by atoms with van der Waals surface area (Å²) in [6.45, 7) is 0. The van der Waals surface area contributed by atoms with Crippen LogP contribution in [0.2, 0.25) is 0 Å². The smallest absolute Gasteiger partial charge is 0.145 e. The molecular weight excluding hydrogens is 647 g/mol. The van der Waals surface area contributed by atoms with E-state index in [9.17, 15) is 0 Å². The lowest BCUT2D eigenvalue weighted by atomic mass is 9.96. The molecule has 3 nitrogen and oxygen atoms in total. The third-order valence-corrected chi connectivity index (χ3v) is 10.7. The minimum Gasteiger partial charge on any atom is -0.456 e. The Morgan fingerprint density at radius 1 is 0.321 bits per heavy atom. The molecule has 0 atom stereocenters. The van der Waals surface area contributed by atoms with Crippen LogP contribution in [0, 0.1) is 0 Å². The maximum absolute atomic E-state index is 6.77. The maximum Gasteiger partial charge on any atom is 0.145 e. The second kappa shape index (κ2) is 11.7. The van der Waals surface area contributed by atoms with Gasteiger partial charge in [0.25, 0.3) is 0 Å². The molecule has 0 aliphatic rings. The van der Waals surface area contributed by atoms with E-state index in [1.165, 1.54) is 21.5 Å². The highest BCUT2D eigenvalue weighted by Crippen LogP contribution is 2.49. The van der Waals surface area contributed by atoms with Crippen molar-refractivity contribution in [1.82, 2.24) is 0 Å². The predicted octanol–water partition coefficient (Wildman–Crippen LogP) is 14.6. The summed E-state index contributed by atoms with van der Waals surface area (Å²) in [5.74, 6) is 0. The zero-order valence-corrected chi connectivity index (χ0v) is 28.7. The molecule has 3 heteroatoms. The van der Waals surface area contributed by atoms with Crippen LogP contribution in [-0.2, 0) is 0 Å². The maximum atomic E-state index is 6.77. The number of para-hydroxylation sites is 2. The number of anilines is 3. The van der Waals surface area contributed by atoms with Gasteiger partial charge in [0, 0.05) is 32.8 Å². The first kappa shape index (κ1) is 29.6. The van der Waals surface area contributed by atoms with Crippen LogP contribution in [0.15, 0.2) is 197 Å². The lowest BCUT2D eigenvalue weighted by Gasteiger charge is -2.28. The fourth-order valence-corrected chi connectivity index (χ4v) is 8.28. The molecule has 0 unspecified atom stereocenters. The van der Waals surface area contributed by atoms with Gasteiger partial charge in [-0.15, -0.1) is 0 Å². The standard InChI is InChI=1S/C50H31NO2/c1-2-12-32(13-3-1)39-30-31-43(49-41-18-7-9-22-45(41)53-50(39)49)51(42-20-10-15-35-25-24-33-14-4-5-16-37(33)47(35)42)36-28-26-34(27-29-36)38-19-11-23-46-48(38)40-17-6-8-21-44(40)52-46/h1-31H. The highest BCUT2D eigenvalue weighted by atomic mass is 16.3. The Morgan fingerprint density at radius 3 is 1.75 bits per heavy atom. The SMILES string of the molecule is c1ccc(-c2ccc(N(c3ccc(-c4cccc5oc6ccccc6c45)cc3)c3cccc4ccc5ccccc5c34)c3c2oc2ccccc23)cc1. The minimum atomic E-state index is 0.867. The number of fused-ring (bicyclic) bond motifs is 9. The van der Waals surface area contributed by atoms with Crippen LogP contribution in [0.5, 0.6) is 0 Å². The Balaban J connectivity index is 1.19. The fraction of sp³-hybridized carbons (Fsp3) is 0. The van der Waals surface area contributed by atoms with Crippen molar-refractivity contribution in [2.75, 3.05) is 4.90 Å². The molecule has 0 aliphatic heterocycles. The Labute approximate surface area is 305 Å². The van der Waals surface area contributed by atoms with Gasteiger partial charge in [-0.2, -0.15) is 0 Å². The second-order valence-corrected chi connectivity index (χ2v) is 13.6. The molecule has 248 valence electrons. The van der Waals surface area contributed by atoms with Crippen LogP contribution >= 0.6 is 0 Å².